The average molecular weight is 312 g/mol. The van der Waals surface area contributed by atoms with E-state index in [1.807, 2.05) is 0 Å². The number of piperidine rings is 1. The molecule has 2 heterocycles. The van der Waals surface area contributed by atoms with E-state index in [4.69, 9.17) is 0 Å². The number of amides is 1. The third-order valence-electron chi connectivity index (χ3n) is 4.37. The highest BCUT2D eigenvalue weighted by Gasteiger charge is 2.42. The number of nitrogens with zero attached hydrogens (tertiary/aromatic N) is 1. The summed E-state index contributed by atoms with van der Waals surface area (Å²) in [6, 6.07) is 4.86. The lowest BCUT2D eigenvalue weighted by atomic mass is 9.87. The maximum Gasteiger partial charge on any atom is 0.243 e. The number of rotatable bonds is 2. The summed E-state index contributed by atoms with van der Waals surface area (Å²) in [6.45, 7) is 0.750. The largest absolute Gasteiger partial charge is 0.351 e. The molecule has 0 saturated carbocycles. The number of hydrogen-bond donors (Lipinski definition) is 1. The third kappa shape index (κ3) is 2.67. The van der Waals surface area contributed by atoms with Crippen molar-refractivity contribution in [3.8, 4) is 0 Å². The second-order valence-corrected chi connectivity index (χ2v) is 7.62. The van der Waals surface area contributed by atoms with Gasteiger partial charge in [0.1, 0.15) is 5.82 Å². The van der Waals surface area contributed by atoms with Gasteiger partial charge < -0.3 is 5.32 Å². The van der Waals surface area contributed by atoms with E-state index in [1.165, 1.54) is 16.4 Å². The monoisotopic (exact) mass is 312 g/mol. The molecule has 3 rings (SSSR count). The molecule has 1 amide bonds. The summed E-state index contributed by atoms with van der Waals surface area (Å²) in [6.07, 6.45) is 2.54. The Morgan fingerprint density at radius 2 is 1.71 bits per heavy atom. The van der Waals surface area contributed by atoms with E-state index in [9.17, 15) is 17.6 Å². The lowest BCUT2D eigenvalue weighted by Crippen LogP contribution is -2.52. The molecule has 5 nitrogen and oxygen atoms in total. The highest BCUT2D eigenvalue weighted by molar-refractivity contribution is 7.89. The zero-order valence-electron chi connectivity index (χ0n) is 11.5. The molecule has 2 aliphatic heterocycles. The van der Waals surface area contributed by atoms with Crippen LogP contribution in [0.4, 0.5) is 4.39 Å². The van der Waals surface area contributed by atoms with E-state index in [1.54, 1.807) is 0 Å². The van der Waals surface area contributed by atoms with Crippen LogP contribution in [0.25, 0.3) is 0 Å². The lowest BCUT2D eigenvalue weighted by Gasteiger charge is -2.38. The van der Waals surface area contributed by atoms with Gasteiger partial charge >= 0.3 is 0 Å². The van der Waals surface area contributed by atoms with Gasteiger partial charge in [0.05, 0.1) is 4.90 Å². The molecule has 1 N–H and O–H groups in total. The van der Waals surface area contributed by atoms with Crippen molar-refractivity contribution >= 4 is 15.9 Å². The summed E-state index contributed by atoms with van der Waals surface area (Å²) >= 11 is 0. The topological polar surface area (TPSA) is 66.5 Å². The molecule has 0 atom stereocenters. The normalized spacial score (nSPS) is 22.4. The number of carbonyl (C=O) groups excluding carboxylic acids is 1. The van der Waals surface area contributed by atoms with Crippen LogP contribution in [-0.4, -0.2) is 37.3 Å². The standard InChI is InChI=1S/C14H17FN2O3S/c15-11-1-3-12(4-2-11)21(19,20)17-9-7-14(8-10-17)6-5-13(18)16-14/h1-4H,5-10H2,(H,16,18). The number of halogens is 1. The zero-order valence-corrected chi connectivity index (χ0v) is 12.3. The van der Waals surface area contributed by atoms with Crippen LogP contribution in [0.1, 0.15) is 25.7 Å². The van der Waals surface area contributed by atoms with Crippen molar-refractivity contribution in [3.05, 3.63) is 30.1 Å². The molecule has 0 aromatic heterocycles. The highest BCUT2D eigenvalue weighted by Crippen LogP contribution is 2.33. The second kappa shape index (κ2) is 5.06. The van der Waals surface area contributed by atoms with Gasteiger partial charge in [0.25, 0.3) is 0 Å². The Morgan fingerprint density at radius 1 is 1.10 bits per heavy atom. The van der Waals surface area contributed by atoms with Crippen LogP contribution in [0.5, 0.6) is 0 Å². The highest BCUT2D eigenvalue weighted by atomic mass is 32.2. The first-order chi connectivity index (χ1) is 9.91. The molecule has 21 heavy (non-hydrogen) atoms. The minimum Gasteiger partial charge on any atom is -0.351 e. The van der Waals surface area contributed by atoms with Crippen molar-refractivity contribution in [2.75, 3.05) is 13.1 Å². The van der Waals surface area contributed by atoms with Crippen LogP contribution in [0.2, 0.25) is 0 Å². The fourth-order valence-electron chi connectivity index (χ4n) is 3.06. The number of hydrogen-bond acceptors (Lipinski definition) is 3. The predicted octanol–water partition coefficient (Wildman–Crippen LogP) is 1.26. The van der Waals surface area contributed by atoms with Gasteiger partial charge in [-0.25, -0.2) is 12.8 Å². The Morgan fingerprint density at radius 3 is 2.24 bits per heavy atom. The minimum atomic E-state index is -3.58. The molecule has 0 radical (unpaired) electrons. The Labute approximate surface area is 123 Å². The number of nitrogens with one attached hydrogen (secondary N) is 1. The van der Waals surface area contributed by atoms with E-state index in [0.717, 1.165) is 18.6 Å². The molecular weight excluding hydrogens is 295 g/mol. The summed E-state index contributed by atoms with van der Waals surface area (Å²) < 4.78 is 39.3. The van der Waals surface area contributed by atoms with Crippen molar-refractivity contribution in [1.29, 1.82) is 0 Å². The van der Waals surface area contributed by atoms with Crippen molar-refractivity contribution in [2.24, 2.45) is 0 Å². The summed E-state index contributed by atoms with van der Waals surface area (Å²) in [5.41, 5.74) is -0.230. The quantitative estimate of drug-likeness (QED) is 0.894. The molecule has 1 aromatic rings. The summed E-state index contributed by atoms with van der Waals surface area (Å²) in [4.78, 5) is 11.5. The molecule has 2 aliphatic rings. The molecule has 2 saturated heterocycles. The van der Waals surface area contributed by atoms with Crippen LogP contribution in [0.3, 0.4) is 0 Å². The maximum atomic E-state index is 12.9. The average Bonchev–Trinajstić information content (AvgIpc) is 2.81. The van der Waals surface area contributed by atoms with E-state index in [-0.39, 0.29) is 16.3 Å². The minimum absolute atomic E-state index is 0.0461. The lowest BCUT2D eigenvalue weighted by molar-refractivity contribution is -0.120. The molecule has 114 valence electrons. The molecule has 2 fully saturated rings. The van der Waals surface area contributed by atoms with E-state index < -0.39 is 15.8 Å². The molecule has 0 aliphatic carbocycles. The Balaban J connectivity index is 1.74. The first-order valence-corrected chi connectivity index (χ1v) is 8.42. The predicted molar refractivity (Wildman–Crippen MR) is 74.5 cm³/mol. The summed E-state index contributed by atoms with van der Waals surface area (Å²) in [5.74, 6) is -0.412. The van der Waals surface area contributed by atoms with Crippen LogP contribution in [-0.2, 0) is 14.8 Å². The zero-order chi connectivity index (χ0) is 15.1. The Kier molecular flexibility index (Phi) is 3.49. The molecule has 1 spiro atoms. The van der Waals surface area contributed by atoms with Gasteiger partial charge in [-0.3, -0.25) is 4.79 Å². The molecular formula is C14H17FN2O3S. The number of carbonyl (C=O) groups is 1. The van der Waals surface area contributed by atoms with Gasteiger partial charge in [0.15, 0.2) is 0 Å². The van der Waals surface area contributed by atoms with E-state index in [0.29, 0.717) is 32.4 Å². The van der Waals surface area contributed by atoms with Crippen molar-refractivity contribution in [3.63, 3.8) is 0 Å². The molecule has 7 heteroatoms. The number of benzene rings is 1. The Bertz CT molecular complexity index is 649. The van der Waals surface area contributed by atoms with Gasteiger partial charge in [-0.15, -0.1) is 0 Å². The second-order valence-electron chi connectivity index (χ2n) is 5.69. The van der Waals surface area contributed by atoms with Crippen LogP contribution in [0, 0.1) is 5.82 Å². The fourth-order valence-corrected chi connectivity index (χ4v) is 4.50. The SMILES string of the molecule is O=C1CCC2(CCN(S(=O)(=O)c3ccc(F)cc3)CC2)N1. The fraction of sp³-hybridized carbons (Fsp3) is 0.500. The number of sulfonamides is 1. The molecule has 0 unspecified atom stereocenters. The van der Waals surface area contributed by atoms with Crippen LogP contribution in [0.15, 0.2) is 29.2 Å². The summed E-state index contributed by atoms with van der Waals surface area (Å²) in [7, 11) is -3.58. The van der Waals surface area contributed by atoms with Gasteiger partial charge in [-0.1, -0.05) is 0 Å². The first-order valence-electron chi connectivity index (χ1n) is 6.98. The molecule has 0 bridgehead atoms. The first kappa shape index (κ1) is 14.5. The van der Waals surface area contributed by atoms with Gasteiger partial charge in [0, 0.05) is 25.0 Å². The van der Waals surface area contributed by atoms with Crippen molar-refractivity contribution in [1.82, 2.24) is 9.62 Å². The third-order valence-corrected chi connectivity index (χ3v) is 6.28. The maximum absolute atomic E-state index is 12.9. The summed E-state index contributed by atoms with van der Waals surface area (Å²) in [5, 5.41) is 2.98. The van der Waals surface area contributed by atoms with Crippen molar-refractivity contribution in [2.45, 2.75) is 36.1 Å². The molecule has 1 aromatic carbocycles. The smallest absolute Gasteiger partial charge is 0.243 e. The van der Waals surface area contributed by atoms with Crippen molar-refractivity contribution < 1.29 is 17.6 Å². The van der Waals surface area contributed by atoms with Gasteiger partial charge in [-0.05, 0) is 43.5 Å². The van der Waals surface area contributed by atoms with E-state index in [2.05, 4.69) is 5.32 Å². The van der Waals surface area contributed by atoms with Gasteiger partial charge in [0.2, 0.25) is 15.9 Å². The van der Waals surface area contributed by atoms with Crippen LogP contribution < -0.4 is 5.32 Å². The van der Waals surface area contributed by atoms with Crippen LogP contribution >= 0.6 is 0 Å². The van der Waals surface area contributed by atoms with E-state index >= 15 is 0 Å². The van der Waals surface area contributed by atoms with Gasteiger partial charge in [-0.2, -0.15) is 4.31 Å². The Hall–Kier alpha value is -1.47.